The van der Waals surface area contributed by atoms with Gasteiger partial charge in [0.25, 0.3) is 0 Å². The quantitative estimate of drug-likeness (QED) is 0.844. The van der Waals surface area contributed by atoms with Gasteiger partial charge in [-0.15, -0.1) is 0 Å². The molecule has 0 radical (unpaired) electrons. The van der Waals surface area contributed by atoms with Crippen LogP contribution in [-0.4, -0.2) is 52.4 Å². The van der Waals surface area contributed by atoms with E-state index in [9.17, 15) is 4.79 Å². The van der Waals surface area contributed by atoms with Crippen LogP contribution in [0.25, 0.3) is 0 Å². The maximum Gasteiger partial charge on any atom is 0.225 e. The molecule has 0 saturated heterocycles. The van der Waals surface area contributed by atoms with E-state index in [1.165, 1.54) is 5.69 Å². The summed E-state index contributed by atoms with van der Waals surface area (Å²) in [7, 11) is 4.15. The topological polar surface area (TPSA) is 41.4 Å². The highest BCUT2D eigenvalue weighted by Gasteiger charge is 2.34. The maximum atomic E-state index is 12.5. The van der Waals surface area contributed by atoms with E-state index in [1.54, 1.807) is 0 Å². The molecule has 1 saturated carbocycles. The number of rotatable bonds is 3. The van der Waals surface area contributed by atoms with Gasteiger partial charge in [0, 0.05) is 44.7 Å². The molecule has 1 aromatic heterocycles. The predicted octanol–water partition coefficient (Wildman–Crippen LogP) is 1.38. The van der Waals surface area contributed by atoms with Crippen molar-refractivity contribution in [2.75, 3.05) is 27.2 Å². The minimum atomic E-state index is 0.284. The highest BCUT2D eigenvalue weighted by atomic mass is 16.2. The molecule has 116 valence electrons. The molecule has 1 aromatic rings. The number of nitrogens with zero attached hydrogens (tertiary/aromatic N) is 4. The summed E-state index contributed by atoms with van der Waals surface area (Å²) in [4.78, 5) is 21.3. The molecule has 2 heterocycles. The van der Waals surface area contributed by atoms with Crippen molar-refractivity contribution in [3.8, 4) is 0 Å². The van der Waals surface area contributed by atoms with Crippen LogP contribution in [0.2, 0.25) is 0 Å². The Bertz CT molecular complexity index is 516. The van der Waals surface area contributed by atoms with Crippen molar-refractivity contribution in [2.24, 2.45) is 11.8 Å². The lowest BCUT2D eigenvalue weighted by molar-refractivity contribution is -0.139. The third kappa shape index (κ3) is 2.98. The molecule has 0 aromatic carbocycles. The first-order chi connectivity index (χ1) is 10.0. The van der Waals surface area contributed by atoms with E-state index in [0.29, 0.717) is 5.91 Å². The molecular formula is C16H26N4O. The predicted molar refractivity (Wildman–Crippen MR) is 81.8 cm³/mol. The Hall–Kier alpha value is -1.36. The number of carbonyl (C=O) groups excluding carboxylic acids is 1. The van der Waals surface area contributed by atoms with Crippen LogP contribution in [0, 0.1) is 11.8 Å². The summed E-state index contributed by atoms with van der Waals surface area (Å²) >= 11 is 0. The minimum Gasteiger partial charge on any atom is -0.340 e. The lowest BCUT2D eigenvalue weighted by atomic mass is 9.75. The van der Waals surface area contributed by atoms with Gasteiger partial charge < -0.3 is 14.4 Å². The fourth-order valence-electron chi connectivity index (χ4n) is 3.53. The van der Waals surface area contributed by atoms with Gasteiger partial charge in [-0.05, 0) is 32.9 Å². The van der Waals surface area contributed by atoms with E-state index in [-0.39, 0.29) is 5.92 Å². The monoisotopic (exact) mass is 290 g/mol. The first-order valence-corrected chi connectivity index (χ1v) is 8.01. The fourth-order valence-corrected chi connectivity index (χ4v) is 3.53. The van der Waals surface area contributed by atoms with Gasteiger partial charge in [0.05, 0.1) is 5.69 Å². The van der Waals surface area contributed by atoms with Crippen molar-refractivity contribution in [3.63, 3.8) is 0 Å². The summed E-state index contributed by atoms with van der Waals surface area (Å²) < 4.78 is 2.30. The Balaban J connectivity index is 1.65. The van der Waals surface area contributed by atoms with Crippen molar-refractivity contribution in [1.29, 1.82) is 0 Å². The van der Waals surface area contributed by atoms with E-state index < -0.39 is 0 Å². The van der Waals surface area contributed by atoms with Gasteiger partial charge in [0.15, 0.2) is 0 Å². The van der Waals surface area contributed by atoms with Crippen molar-refractivity contribution in [2.45, 2.75) is 39.3 Å². The zero-order valence-electron chi connectivity index (χ0n) is 13.4. The highest BCUT2D eigenvalue weighted by molar-refractivity contribution is 5.79. The Morgan fingerprint density at radius 3 is 2.76 bits per heavy atom. The molecular weight excluding hydrogens is 264 g/mol. The summed E-state index contributed by atoms with van der Waals surface area (Å²) in [6, 6.07) is 0. The first kappa shape index (κ1) is 14.6. The average molecular weight is 290 g/mol. The SMILES string of the molecule is CC1CC(C(=O)N2CCc3ncc(CN(C)C)n3CC2)C1. The van der Waals surface area contributed by atoms with Gasteiger partial charge in [-0.25, -0.2) is 4.98 Å². The molecule has 0 unspecified atom stereocenters. The van der Waals surface area contributed by atoms with Crippen LogP contribution in [0.3, 0.4) is 0 Å². The normalized spacial score (nSPS) is 25.4. The third-order valence-corrected chi connectivity index (χ3v) is 4.73. The molecule has 5 heteroatoms. The van der Waals surface area contributed by atoms with E-state index in [0.717, 1.165) is 57.2 Å². The average Bonchev–Trinajstić information content (AvgIpc) is 2.65. The molecule has 21 heavy (non-hydrogen) atoms. The number of hydrogen-bond acceptors (Lipinski definition) is 3. The van der Waals surface area contributed by atoms with Crippen molar-refractivity contribution >= 4 is 5.91 Å². The molecule has 1 aliphatic heterocycles. The first-order valence-electron chi connectivity index (χ1n) is 8.01. The smallest absolute Gasteiger partial charge is 0.225 e. The number of amides is 1. The van der Waals surface area contributed by atoms with Crippen molar-refractivity contribution in [3.05, 3.63) is 17.7 Å². The third-order valence-electron chi connectivity index (χ3n) is 4.73. The summed E-state index contributed by atoms with van der Waals surface area (Å²) in [6.07, 6.45) is 5.01. The van der Waals surface area contributed by atoms with E-state index in [1.807, 2.05) is 6.20 Å². The molecule has 1 aliphatic carbocycles. The highest BCUT2D eigenvalue weighted by Crippen LogP contribution is 2.34. The maximum absolute atomic E-state index is 12.5. The van der Waals surface area contributed by atoms with Crippen LogP contribution in [0.15, 0.2) is 6.20 Å². The van der Waals surface area contributed by atoms with Crippen LogP contribution in [0.5, 0.6) is 0 Å². The van der Waals surface area contributed by atoms with Crippen LogP contribution in [-0.2, 0) is 24.3 Å². The zero-order valence-corrected chi connectivity index (χ0v) is 13.4. The van der Waals surface area contributed by atoms with Crippen molar-refractivity contribution < 1.29 is 4.79 Å². The number of aromatic nitrogens is 2. The van der Waals surface area contributed by atoms with Crippen molar-refractivity contribution in [1.82, 2.24) is 19.4 Å². The van der Waals surface area contributed by atoms with Gasteiger partial charge in [-0.3, -0.25) is 4.79 Å². The second-order valence-electron chi connectivity index (χ2n) is 6.90. The molecule has 1 amide bonds. The number of carbonyl (C=O) groups is 1. The Kier molecular flexibility index (Phi) is 4.02. The summed E-state index contributed by atoms with van der Waals surface area (Å²) in [5, 5.41) is 0. The molecule has 1 fully saturated rings. The van der Waals surface area contributed by atoms with Crippen LogP contribution >= 0.6 is 0 Å². The van der Waals surface area contributed by atoms with Gasteiger partial charge in [0.2, 0.25) is 5.91 Å². The van der Waals surface area contributed by atoms with E-state index >= 15 is 0 Å². The standard InChI is InChI=1S/C16H26N4O/c1-12-8-13(9-12)16(21)19-5-4-15-17-10-14(11-18(2)3)20(15)7-6-19/h10,12-13H,4-9,11H2,1-3H3. The minimum absolute atomic E-state index is 0.284. The molecule has 0 bridgehead atoms. The van der Waals surface area contributed by atoms with Gasteiger partial charge in [-0.2, -0.15) is 0 Å². The fraction of sp³-hybridized carbons (Fsp3) is 0.750. The second-order valence-corrected chi connectivity index (χ2v) is 6.90. The summed E-state index contributed by atoms with van der Waals surface area (Å²) in [6.45, 7) is 5.67. The molecule has 0 N–H and O–H groups in total. The lowest BCUT2D eigenvalue weighted by Crippen LogP contribution is -2.42. The van der Waals surface area contributed by atoms with E-state index in [4.69, 9.17) is 0 Å². The number of hydrogen-bond donors (Lipinski definition) is 0. The van der Waals surface area contributed by atoms with Crippen LogP contribution in [0.1, 0.15) is 31.3 Å². The second kappa shape index (κ2) is 5.79. The Morgan fingerprint density at radius 1 is 1.33 bits per heavy atom. The summed E-state index contributed by atoms with van der Waals surface area (Å²) in [5.74, 6) is 2.51. The Morgan fingerprint density at radius 2 is 2.10 bits per heavy atom. The molecule has 0 atom stereocenters. The largest absolute Gasteiger partial charge is 0.340 e. The number of imidazole rings is 1. The molecule has 2 aliphatic rings. The van der Waals surface area contributed by atoms with Crippen LogP contribution < -0.4 is 0 Å². The molecule has 5 nitrogen and oxygen atoms in total. The lowest BCUT2D eigenvalue weighted by Gasteiger charge is -2.35. The van der Waals surface area contributed by atoms with E-state index in [2.05, 4.69) is 40.4 Å². The summed E-state index contributed by atoms with van der Waals surface area (Å²) in [5.41, 5.74) is 1.25. The molecule has 3 rings (SSSR count). The van der Waals surface area contributed by atoms with Gasteiger partial charge in [0.1, 0.15) is 5.82 Å². The number of fused-ring (bicyclic) bond motifs is 1. The molecule has 0 spiro atoms. The van der Waals surface area contributed by atoms with Gasteiger partial charge in [-0.1, -0.05) is 6.92 Å². The Labute approximate surface area is 126 Å². The van der Waals surface area contributed by atoms with Gasteiger partial charge >= 0.3 is 0 Å². The van der Waals surface area contributed by atoms with Crippen LogP contribution in [0.4, 0.5) is 0 Å². The zero-order chi connectivity index (χ0) is 15.0.